The van der Waals surface area contributed by atoms with Gasteiger partial charge in [0, 0.05) is 6.42 Å². The average Bonchev–Trinajstić information content (AvgIpc) is 2.48. The van der Waals surface area contributed by atoms with Crippen molar-refractivity contribution in [1.82, 2.24) is 0 Å². The predicted octanol–water partition coefficient (Wildman–Crippen LogP) is 4.63. The fraction of sp³-hybridized carbons (Fsp3) is 0.500. The molecule has 0 heterocycles. The Balaban J connectivity index is 2.36. The summed E-state index contributed by atoms with van der Waals surface area (Å²) in [6, 6.07) is 8.21. The number of para-hydroxylation sites is 1. The molecule has 0 saturated carbocycles. The maximum atomic E-state index is 10.1. The van der Waals surface area contributed by atoms with E-state index in [0.717, 1.165) is 31.6 Å². The number of aryl methyl sites for hydroxylation is 1. The van der Waals surface area contributed by atoms with E-state index in [-0.39, 0.29) is 0 Å². The first kappa shape index (κ1) is 16.5. The third-order valence-corrected chi connectivity index (χ3v) is 3.18. The molecule has 0 aliphatic carbocycles. The van der Waals surface area contributed by atoms with Crippen molar-refractivity contribution in [2.24, 2.45) is 0 Å². The number of rotatable bonds is 11. The van der Waals surface area contributed by atoms with E-state index in [1.54, 1.807) is 0 Å². The van der Waals surface area contributed by atoms with Crippen molar-refractivity contribution >= 4 is 6.29 Å². The lowest BCUT2D eigenvalue weighted by molar-refractivity contribution is 0.302. The third-order valence-electron chi connectivity index (χ3n) is 3.18. The molecule has 0 aliphatic rings. The molecule has 20 heavy (non-hydrogen) atoms. The second-order valence-electron chi connectivity index (χ2n) is 4.88. The van der Waals surface area contributed by atoms with Gasteiger partial charge < -0.3 is 4.74 Å². The molecule has 0 unspecified atom stereocenters. The Morgan fingerprint density at radius 3 is 2.80 bits per heavy atom. The van der Waals surface area contributed by atoms with E-state index in [1.165, 1.54) is 24.8 Å². The van der Waals surface area contributed by atoms with E-state index in [0.29, 0.717) is 6.42 Å². The minimum absolute atomic E-state index is 0.384. The average molecular weight is 273 g/mol. The van der Waals surface area contributed by atoms with Crippen molar-refractivity contribution in [3.05, 3.63) is 42.0 Å². The first-order chi connectivity index (χ1) is 9.88. The number of allylic oxidation sites excluding steroid dienone is 2. The van der Waals surface area contributed by atoms with Crippen molar-refractivity contribution in [2.45, 2.75) is 51.9 Å². The van der Waals surface area contributed by atoms with E-state index in [4.69, 9.17) is 4.74 Å². The van der Waals surface area contributed by atoms with Gasteiger partial charge in [-0.05, 0) is 30.9 Å². The molecular weight excluding hydrogens is 248 g/mol. The molecule has 0 saturated heterocycles. The van der Waals surface area contributed by atoms with Gasteiger partial charge in [-0.15, -0.1) is 0 Å². The Kier molecular flexibility index (Phi) is 9.29. The highest BCUT2D eigenvalue weighted by Crippen LogP contribution is 2.20. The topological polar surface area (TPSA) is 26.3 Å². The highest BCUT2D eigenvalue weighted by molar-refractivity contribution is 5.52. The maximum Gasteiger partial charge on any atom is 0.202 e. The Morgan fingerprint density at radius 2 is 2.00 bits per heavy atom. The van der Waals surface area contributed by atoms with Crippen molar-refractivity contribution in [1.29, 1.82) is 0 Å². The number of benzene rings is 1. The van der Waals surface area contributed by atoms with Crippen LogP contribution in [0.15, 0.2) is 36.4 Å². The second kappa shape index (κ2) is 11.3. The standard InChI is InChI=1S/C18H25O2/c1-2-3-4-11-16-20-18-14-9-8-13-17(18)12-7-5-6-10-15-19/h5-6,8-9,13-14H,2-4,7,10-12,16H2,1H3. The van der Waals surface area contributed by atoms with Crippen LogP contribution in [0.1, 0.15) is 51.0 Å². The van der Waals surface area contributed by atoms with Gasteiger partial charge in [-0.3, -0.25) is 4.79 Å². The van der Waals surface area contributed by atoms with Gasteiger partial charge >= 0.3 is 0 Å². The summed E-state index contributed by atoms with van der Waals surface area (Å²) < 4.78 is 5.88. The van der Waals surface area contributed by atoms with Gasteiger partial charge in [-0.25, -0.2) is 0 Å². The maximum absolute atomic E-state index is 10.1. The molecule has 0 aromatic heterocycles. The second-order valence-corrected chi connectivity index (χ2v) is 4.88. The van der Waals surface area contributed by atoms with Crippen molar-refractivity contribution in [3.63, 3.8) is 0 Å². The molecule has 2 nitrogen and oxygen atoms in total. The minimum Gasteiger partial charge on any atom is -0.493 e. The zero-order chi connectivity index (χ0) is 14.5. The van der Waals surface area contributed by atoms with Gasteiger partial charge in [-0.2, -0.15) is 0 Å². The molecule has 0 spiro atoms. The van der Waals surface area contributed by atoms with E-state index in [1.807, 2.05) is 36.6 Å². The number of ether oxygens (including phenoxy) is 1. The molecule has 1 radical (unpaired) electrons. The van der Waals surface area contributed by atoms with Crippen LogP contribution < -0.4 is 4.74 Å². The van der Waals surface area contributed by atoms with Crippen LogP contribution in [-0.4, -0.2) is 12.9 Å². The largest absolute Gasteiger partial charge is 0.493 e. The van der Waals surface area contributed by atoms with Crippen LogP contribution in [-0.2, 0) is 11.2 Å². The summed E-state index contributed by atoms with van der Waals surface area (Å²) in [6.45, 7) is 3.01. The zero-order valence-electron chi connectivity index (χ0n) is 12.4. The summed E-state index contributed by atoms with van der Waals surface area (Å²) in [5, 5.41) is 0. The van der Waals surface area contributed by atoms with Crippen molar-refractivity contribution < 1.29 is 9.53 Å². The summed E-state index contributed by atoms with van der Waals surface area (Å²) in [5.41, 5.74) is 1.24. The normalized spacial score (nSPS) is 10.8. The summed E-state index contributed by atoms with van der Waals surface area (Å²) in [5.74, 6) is 0.999. The van der Waals surface area contributed by atoms with Crippen molar-refractivity contribution in [2.75, 3.05) is 6.61 Å². The molecule has 0 fully saturated rings. The molecule has 0 atom stereocenters. The SMILES string of the molecule is CCCCCCOc1ccccc1CCC=CC[C]=O. The van der Waals surface area contributed by atoms with Crippen LogP contribution in [0.25, 0.3) is 0 Å². The molecule has 109 valence electrons. The summed E-state index contributed by atoms with van der Waals surface area (Å²) >= 11 is 0. The van der Waals surface area contributed by atoms with Gasteiger partial charge in [0.05, 0.1) is 6.61 Å². The molecule has 1 rings (SSSR count). The molecule has 0 aliphatic heterocycles. The Morgan fingerprint density at radius 1 is 1.15 bits per heavy atom. The molecule has 0 bridgehead atoms. The summed E-state index contributed by atoms with van der Waals surface area (Å²) in [6.07, 6.45) is 12.9. The number of hydrogen-bond donors (Lipinski definition) is 0. The van der Waals surface area contributed by atoms with Crippen LogP contribution in [0.5, 0.6) is 5.75 Å². The van der Waals surface area contributed by atoms with Crippen LogP contribution in [0.2, 0.25) is 0 Å². The van der Waals surface area contributed by atoms with Gasteiger partial charge in [0.15, 0.2) is 0 Å². The fourth-order valence-electron chi connectivity index (χ4n) is 2.05. The molecule has 1 aromatic rings. The van der Waals surface area contributed by atoms with Gasteiger partial charge in [0.2, 0.25) is 6.29 Å². The lowest BCUT2D eigenvalue weighted by Crippen LogP contribution is -2.00. The molecular formula is C18H25O2. The molecule has 0 N–H and O–H groups in total. The fourth-order valence-corrected chi connectivity index (χ4v) is 2.05. The van der Waals surface area contributed by atoms with Gasteiger partial charge in [0.1, 0.15) is 5.75 Å². The minimum atomic E-state index is 0.384. The van der Waals surface area contributed by atoms with E-state index >= 15 is 0 Å². The first-order valence-electron chi connectivity index (χ1n) is 7.59. The van der Waals surface area contributed by atoms with Crippen LogP contribution in [0.4, 0.5) is 0 Å². The Bertz CT molecular complexity index is 396. The Hall–Kier alpha value is -1.57. The quantitative estimate of drug-likeness (QED) is 0.434. The highest BCUT2D eigenvalue weighted by Gasteiger charge is 2.01. The predicted molar refractivity (Wildman–Crippen MR) is 83.9 cm³/mol. The molecule has 1 aromatic carbocycles. The lowest BCUT2D eigenvalue weighted by Gasteiger charge is -2.10. The monoisotopic (exact) mass is 273 g/mol. The van der Waals surface area contributed by atoms with Crippen LogP contribution in [0.3, 0.4) is 0 Å². The smallest absolute Gasteiger partial charge is 0.202 e. The van der Waals surface area contributed by atoms with E-state index in [9.17, 15) is 4.79 Å². The summed E-state index contributed by atoms with van der Waals surface area (Å²) in [4.78, 5) is 10.1. The molecule has 0 amide bonds. The Labute approximate surface area is 122 Å². The van der Waals surface area contributed by atoms with Crippen LogP contribution >= 0.6 is 0 Å². The molecule has 2 heteroatoms. The first-order valence-corrected chi connectivity index (χ1v) is 7.59. The number of unbranched alkanes of at least 4 members (excludes halogenated alkanes) is 3. The van der Waals surface area contributed by atoms with Crippen LogP contribution in [0, 0.1) is 0 Å². The van der Waals surface area contributed by atoms with Crippen molar-refractivity contribution in [3.8, 4) is 5.75 Å². The summed E-state index contributed by atoms with van der Waals surface area (Å²) in [7, 11) is 0. The number of hydrogen-bond acceptors (Lipinski definition) is 2. The van der Waals surface area contributed by atoms with E-state index < -0.39 is 0 Å². The zero-order valence-corrected chi connectivity index (χ0v) is 12.4. The van der Waals surface area contributed by atoms with E-state index in [2.05, 4.69) is 13.0 Å². The third kappa shape index (κ3) is 7.13. The number of carbonyl (C=O) groups excluding carboxylic acids is 1. The lowest BCUT2D eigenvalue weighted by atomic mass is 10.1. The van der Waals surface area contributed by atoms with Gasteiger partial charge in [-0.1, -0.05) is 56.5 Å². The highest BCUT2D eigenvalue weighted by atomic mass is 16.5. The van der Waals surface area contributed by atoms with Gasteiger partial charge in [0.25, 0.3) is 0 Å².